The first-order valence-corrected chi connectivity index (χ1v) is 4.92. The summed E-state index contributed by atoms with van der Waals surface area (Å²) in [6.45, 7) is 4.21. The predicted molar refractivity (Wildman–Crippen MR) is 63.7 cm³/mol. The fourth-order valence-electron chi connectivity index (χ4n) is 1.03. The van der Waals surface area contributed by atoms with Crippen molar-refractivity contribution in [2.24, 2.45) is 5.73 Å². The molecule has 1 heterocycles. The third kappa shape index (κ3) is 2.42. The number of anilines is 1. The summed E-state index contributed by atoms with van der Waals surface area (Å²) in [5.41, 5.74) is 6.40. The monoisotopic (exact) mass is 209 g/mol. The molecule has 1 aromatic rings. The Hall–Kier alpha value is -1.16. The summed E-state index contributed by atoms with van der Waals surface area (Å²) in [6, 6.07) is 4.13. The number of hydrogen-bond acceptors (Lipinski definition) is 3. The molecule has 4 heteroatoms. The van der Waals surface area contributed by atoms with Gasteiger partial charge in [0.2, 0.25) is 0 Å². The van der Waals surface area contributed by atoms with Gasteiger partial charge in [0, 0.05) is 24.8 Å². The molecule has 14 heavy (non-hydrogen) atoms. The molecule has 0 unspecified atom stereocenters. The summed E-state index contributed by atoms with van der Waals surface area (Å²) in [5, 5.41) is 0. The van der Waals surface area contributed by atoms with Crippen LogP contribution in [0, 0.1) is 0 Å². The van der Waals surface area contributed by atoms with E-state index in [1.807, 2.05) is 19.2 Å². The van der Waals surface area contributed by atoms with Crippen molar-refractivity contribution in [3.8, 4) is 0 Å². The summed E-state index contributed by atoms with van der Waals surface area (Å²) in [5.74, 6) is 0.894. The van der Waals surface area contributed by atoms with Crippen molar-refractivity contribution in [3.05, 3.63) is 23.9 Å². The van der Waals surface area contributed by atoms with Gasteiger partial charge >= 0.3 is 0 Å². The van der Waals surface area contributed by atoms with E-state index in [-0.39, 0.29) is 0 Å². The molecule has 0 aliphatic rings. The van der Waals surface area contributed by atoms with Crippen LogP contribution in [0.2, 0.25) is 0 Å². The minimum atomic E-state index is 0.407. The number of hydrogen-bond donors (Lipinski definition) is 1. The zero-order chi connectivity index (χ0) is 10.7. The Morgan fingerprint density at radius 2 is 2.21 bits per heavy atom. The number of rotatable bonds is 3. The molecule has 0 bridgehead atoms. The molecule has 1 rings (SSSR count). The molecule has 3 nitrogen and oxygen atoms in total. The Kier molecular flexibility index (Phi) is 3.41. The average molecular weight is 209 g/mol. The van der Waals surface area contributed by atoms with Gasteiger partial charge in [-0.2, -0.15) is 0 Å². The van der Waals surface area contributed by atoms with Crippen molar-refractivity contribution in [1.29, 1.82) is 0 Å². The second kappa shape index (κ2) is 4.37. The van der Waals surface area contributed by atoms with E-state index in [1.54, 1.807) is 6.20 Å². The molecular weight excluding hydrogens is 194 g/mol. The maximum atomic E-state index is 5.54. The highest BCUT2D eigenvalue weighted by Crippen LogP contribution is 2.13. The first-order valence-electron chi connectivity index (χ1n) is 4.51. The Morgan fingerprint density at radius 3 is 2.71 bits per heavy atom. The molecule has 2 N–H and O–H groups in total. The first-order chi connectivity index (χ1) is 6.52. The molecule has 0 saturated heterocycles. The first kappa shape index (κ1) is 10.9. The lowest BCUT2D eigenvalue weighted by Gasteiger charge is -2.22. The smallest absolute Gasteiger partial charge is 0.129 e. The third-order valence-corrected chi connectivity index (χ3v) is 2.40. The summed E-state index contributed by atoms with van der Waals surface area (Å²) in [4.78, 5) is 6.73. The van der Waals surface area contributed by atoms with Crippen LogP contribution in [-0.2, 0) is 0 Å². The minimum absolute atomic E-state index is 0.407. The Bertz CT molecular complexity index is 336. The van der Waals surface area contributed by atoms with Gasteiger partial charge in [-0.1, -0.05) is 12.2 Å². The van der Waals surface area contributed by atoms with E-state index in [2.05, 4.69) is 23.7 Å². The van der Waals surface area contributed by atoms with E-state index < -0.39 is 0 Å². The van der Waals surface area contributed by atoms with Crippen LogP contribution in [0.1, 0.15) is 19.4 Å². The van der Waals surface area contributed by atoms with Gasteiger partial charge in [0.1, 0.15) is 10.8 Å². The fourth-order valence-corrected chi connectivity index (χ4v) is 1.16. The summed E-state index contributed by atoms with van der Waals surface area (Å²) >= 11 is 4.91. The molecule has 0 spiro atoms. The SMILES string of the molecule is CC(C)N(C)c1cc(C(N)=S)ccn1. The van der Waals surface area contributed by atoms with Crippen LogP contribution < -0.4 is 10.6 Å². The summed E-state index contributed by atoms with van der Waals surface area (Å²) < 4.78 is 0. The molecule has 76 valence electrons. The maximum absolute atomic E-state index is 5.54. The van der Waals surface area contributed by atoms with E-state index in [0.29, 0.717) is 11.0 Å². The second-order valence-electron chi connectivity index (χ2n) is 3.47. The van der Waals surface area contributed by atoms with Gasteiger partial charge in [-0.05, 0) is 26.0 Å². The van der Waals surface area contributed by atoms with Crippen molar-refractivity contribution in [2.75, 3.05) is 11.9 Å². The van der Waals surface area contributed by atoms with Gasteiger partial charge in [0.05, 0.1) is 0 Å². The molecule has 0 aliphatic carbocycles. The summed E-state index contributed by atoms with van der Waals surface area (Å²) in [6.07, 6.45) is 1.72. The van der Waals surface area contributed by atoms with Crippen molar-refractivity contribution in [2.45, 2.75) is 19.9 Å². The van der Waals surface area contributed by atoms with Crippen LogP contribution in [0.4, 0.5) is 5.82 Å². The standard InChI is InChI=1S/C10H15N3S/c1-7(2)13(3)9-6-8(10(11)14)4-5-12-9/h4-7H,1-3H3,(H2,11,14). The molecular formula is C10H15N3S. The Morgan fingerprint density at radius 1 is 1.57 bits per heavy atom. The van der Waals surface area contributed by atoms with Crippen molar-refractivity contribution >= 4 is 23.0 Å². The largest absolute Gasteiger partial charge is 0.389 e. The van der Waals surface area contributed by atoms with E-state index >= 15 is 0 Å². The number of nitrogens with zero attached hydrogens (tertiary/aromatic N) is 2. The van der Waals surface area contributed by atoms with E-state index in [0.717, 1.165) is 11.4 Å². The minimum Gasteiger partial charge on any atom is -0.389 e. The zero-order valence-electron chi connectivity index (χ0n) is 8.69. The normalized spacial score (nSPS) is 10.3. The Balaban J connectivity index is 2.99. The molecule has 1 aromatic heterocycles. The lowest BCUT2D eigenvalue weighted by Crippen LogP contribution is -2.26. The number of nitrogens with two attached hydrogens (primary N) is 1. The van der Waals surface area contributed by atoms with Gasteiger partial charge in [-0.15, -0.1) is 0 Å². The molecule has 0 radical (unpaired) electrons. The highest BCUT2D eigenvalue weighted by Gasteiger charge is 2.07. The van der Waals surface area contributed by atoms with E-state index in [1.165, 1.54) is 0 Å². The molecule has 0 saturated carbocycles. The van der Waals surface area contributed by atoms with Crippen LogP contribution in [0.25, 0.3) is 0 Å². The molecule has 0 aliphatic heterocycles. The average Bonchev–Trinajstić information content (AvgIpc) is 2.16. The lowest BCUT2D eigenvalue weighted by atomic mass is 10.2. The van der Waals surface area contributed by atoms with Gasteiger partial charge in [0.25, 0.3) is 0 Å². The maximum Gasteiger partial charge on any atom is 0.129 e. The van der Waals surface area contributed by atoms with Crippen molar-refractivity contribution in [1.82, 2.24) is 4.98 Å². The highest BCUT2D eigenvalue weighted by molar-refractivity contribution is 7.80. The second-order valence-corrected chi connectivity index (χ2v) is 3.91. The fraction of sp³-hybridized carbons (Fsp3) is 0.400. The van der Waals surface area contributed by atoms with E-state index in [4.69, 9.17) is 18.0 Å². The van der Waals surface area contributed by atoms with E-state index in [9.17, 15) is 0 Å². The third-order valence-electron chi connectivity index (χ3n) is 2.17. The molecule has 0 fully saturated rings. The number of aromatic nitrogens is 1. The van der Waals surface area contributed by atoms with Gasteiger partial charge in [0.15, 0.2) is 0 Å². The quantitative estimate of drug-likeness (QED) is 0.767. The van der Waals surface area contributed by atoms with Crippen LogP contribution >= 0.6 is 12.2 Å². The van der Waals surface area contributed by atoms with Crippen molar-refractivity contribution < 1.29 is 0 Å². The lowest BCUT2D eigenvalue weighted by molar-refractivity contribution is 0.743. The van der Waals surface area contributed by atoms with Gasteiger partial charge in [-0.3, -0.25) is 0 Å². The van der Waals surface area contributed by atoms with Crippen LogP contribution in [-0.4, -0.2) is 23.1 Å². The predicted octanol–water partition coefficient (Wildman–Crippen LogP) is 1.56. The van der Waals surface area contributed by atoms with Crippen LogP contribution in [0.5, 0.6) is 0 Å². The Labute approximate surface area is 89.9 Å². The van der Waals surface area contributed by atoms with Gasteiger partial charge < -0.3 is 10.6 Å². The van der Waals surface area contributed by atoms with Gasteiger partial charge in [-0.25, -0.2) is 4.98 Å². The molecule has 0 atom stereocenters. The highest BCUT2D eigenvalue weighted by atomic mass is 32.1. The molecule has 0 aromatic carbocycles. The van der Waals surface area contributed by atoms with Crippen LogP contribution in [0.15, 0.2) is 18.3 Å². The van der Waals surface area contributed by atoms with Crippen molar-refractivity contribution in [3.63, 3.8) is 0 Å². The summed E-state index contributed by atoms with van der Waals surface area (Å²) in [7, 11) is 2.00. The zero-order valence-corrected chi connectivity index (χ0v) is 9.51. The topological polar surface area (TPSA) is 42.1 Å². The number of thiocarbonyl (C=S) groups is 1. The van der Waals surface area contributed by atoms with Crippen LogP contribution in [0.3, 0.4) is 0 Å². The molecule has 0 amide bonds. The number of pyridine rings is 1.